The van der Waals surface area contributed by atoms with Crippen LogP contribution in [0.3, 0.4) is 0 Å². The van der Waals surface area contributed by atoms with Crippen molar-refractivity contribution in [1.82, 2.24) is 10.2 Å². The summed E-state index contributed by atoms with van der Waals surface area (Å²) in [6.45, 7) is 1.71. The van der Waals surface area contributed by atoms with Crippen LogP contribution in [0.2, 0.25) is 0 Å². The maximum Gasteiger partial charge on any atom is 0.338 e. The highest BCUT2D eigenvalue weighted by Crippen LogP contribution is 2.40. The van der Waals surface area contributed by atoms with Crippen LogP contribution in [0.1, 0.15) is 21.8 Å². The van der Waals surface area contributed by atoms with Crippen LogP contribution in [0, 0.1) is 6.92 Å². The lowest BCUT2D eigenvalue weighted by Gasteiger charge is -2.12. The van der Waals surface area contributed by atoms with E-state index >= 15 is 0 Å². The number of aryl methyl sites for hydroxylation is 1. The molecule has 158 valence electrons. The van der Waals surface area contributed by atoms with Gasteiger partial charge in [0.2, 0.25) is 11.6 Å². The van der Waals surface area contributed by atoms with Crippen molar-refractivity contribution in [1.29, 1.82) is 0 Å². The summed E-state index contributed by atoms with van der Waals surface area (Å²) in [7, 11) is 6.09. The zero-order chi connectivity index (χ0) is 21.7. The first kappa shape index (κ1) is 21.0. The molecule has 0 spiro atoms. The summed E-state index contributed by atoms with van der Waals surface area (Å²) in [6, 6.07) is 8.43. The van der Waals surface area contributed by atoms with E-state index in [0.29, 0.717) is 34.1 Å². The Morgan fingerprint density at radius 1 is 0.900 bits per heavy atom. The molecule has 0 fully saturated rings. The summed E-state index contributed by atoms with van der Waals surface area (Å²) in [4.78, 5) is 12.3. The third-order valence-electron chi connectivity index (χ3n) is 4.35. The SMILES string of the molecule is COc1cc(C(=O)OCc2nnc(-c3cc(OC)c(OC)c(OC)c3)o2)ccc1C. The molecule has 0 atom stereocenters. The number of carbonyl (C=O) groups excluding carboxylic acids is 1. The van der Waals surface area contributed by atoms with E-state index < -0.39 is 5.97 Å². The molecule has 0 amide bonds. The van der Waals surface area contributed by atoms with E-state index in [0.717, 1.165) is 5.56 Å². The van der Waals surface area contributed by atoms with Crippen molar-refractivity contribution in [3.63, 3.8) is 0 Å². The molecule has 0 aliphatic carbocycles. The van der Waals surface area contributed by atoms with Gasteiger partial charge in [0.1, 0.15) is 5.75 Å². The monoisotopic (exact) mass is 414 g/mol. The first-order valence-corrected chi connectivity index (χ1v) is 8.95. The zero-order valence-corrected chi connectivity index (χ0v) is 17.3. The van der Waals surface area contributed by atoms with Gasteiger partial charge in [0.25, 0.3) is 5.89 Å². The standard InChI is InChI=1S/C21H22N2O7/c1-12-6-7-13(8-15(12)25-2)21(24)29-11-18-22-23-20(30-18)14-9-16(26-3)19(28-5)17(10-14)27-4/h6-10H,11H2,1-5H3. The molecule has 2 aromatic carbocycles. The predicted octanol–water partition coefficient (Wildman–Crippen LogP) is 3.44. The summed E-state index contributed by atoms with van der Waals surface area (Å²) in [5.74, 6) is 1.79. The number of nitrogens with zero attached hydrogens (tertiary/aromatic N) is 2. The molecule has 0 saturated heterocycles. The largest absolute Gasteiger partial charge is 0.496 e. The van der Waals surface area contributed by atoms with Crippen LogP contribution < -0.4 is 18.9 Å². The van der Waals surface area contributed by atoms with Gasteiger partial charge in [0.15, 0.2) is 18.1 Å². The highest BCUT2D eigenvalue weighted by molar-refractivity contribution is 5.90. The average Bonchev–Trinajstić information content (AvgIpc) is 3.25. The van der Waals surface area contributed by atoms with Gasteiger partial charge in [-0.15, -0.1) is 10.2 Å². The van der Waals surface area contributed by atoms with Gasteiger partial charge >= 0.3 is 5.97 Å². The second-order valence-electron chi connectivity index (χ2n) is 6.18. The number of hydrogen-bond donors (Lipinski definition) is 0. The molecule has 0 aliphatic rings. The molecule has 0 saturated carbocycles. The molecule has 1 aromatic heterocycles. The fourth-order valence-corrected chi connectivity index (χ4v) is 2.79. The van der Waals surface area contributed by atoms with E-state index in [-0.39, 0.29) is 18.4 Å². The Bertz CT molecular complexity index is 1020. The smallest absolute Gasteiger partial charge is 0.338 e. The molecular weight excluding hydrogens is 392 g/mol. The fraction of sp³-hybridized carbons (Fsp3) is 0.286. The minimum Gasteiger partial charge on any atom is -0.496 e. The van der Waals surface area contributed by atoms with E-state index in [1.165, 1.54) is 21.3 Å². The van der Waals surface area contributed by atoms with Crippen LogP contribution in [0.5, 0.6) is 23.0 Å². The first-order valence-electron chi connectivity index (χ1n) is 8.95. The van der Waals surface area contributed by atoms with Crippen LogP contribution in [0.4, 0.5) is 0 Å². The van der Waals surface area contributed by atoms with E-state index in [2.05, 4.69) is 10.2 Å². The summed E-state index contributed by atoms with van der Waals surface area (Å²) in [5, 5.41) is 7.93. The molecule has 0 aliphatic heterocycles. The Labute approximate surface area is 173 Å². The normalized spacial score (nSPS) is 10.4. The highest BCUT2D eigenvalue weighted by atomic mass is 16.5. The zero-order valence-electron chi connectivity index (χ0n) is 17.3. The van der Waals surface area contributed by atoms with Gasteiger partial charge in [-0.05, 0) is 36.8 Å². The van der Waals surface area contributed by atoms with Gasteiger partial charge in [0, 0.05) is 5.56 Å². The minimum absolute atomic E-state index is 0.145. The van der Waals surface area contributed by atoms with Gasteiger partial charge < -0.3 is 28.1 Å². The third-order valence-corrected chi connectivity index (χ3v) is 4.35. The molecule has 3 rings (SSSR count). The van der Waals surface area contributed by atoms with Gasteiger partial charge in [-0.3, -0.25) is 0 Å². The topological polar surface area (TPSA) is 102 Å². The number of carbonyl (C=O) groups is 1. The van der Waals surface area contributed by atoms with Gasteiger partial charge in [-0.25, -0.2) is 4.79 Å². The first-order chi connectivity index (χ1) is 14.5. The van der Waals surface area contributed by atoms with Crippen molar-refractivity contribution < 1.29 is 32.9 Å². The number of benzene rings is 2. The lowest BCUT2D eigenvalue weighted by Crippen LogP contribution is -2.06. The lowest BCUT2D eigenvalue weighted by atomic mass is 10.1. The van der Waals surface area contributed by atoms with Crippen molar-refractivity contribution in [2.24, 2.45) is 0 Å². The van der Waals surface area contributed by atoms with E-state index in [9.17, 15) is 4.79 Å². The second kappa shape index (κ2) is 9.17. The lowest BCUT2D eigenvalue weighted by molar-refractivity contribution is 0.0438. The minimum atomic E-state index is -0.527. The fourth-order valence-electron chi connectivity index (χ4n) is 2.79. The summed E-state index contributed by atoms with van der Waals surface area (Å²) < 4.78 is 32.1. The average molecular weight is 414 g/mol. The Hall–Kier alpha value is -3.75. The van der Waals surface area contributed by atoms with E-state index in [1.807, 2.05) is 6.92 Å². The predicted molar refractivity (Wildman–Crippen MR) is 106 cm³/mol. The Morgan fingerprint density at radius 3 is 2.17 bits per heavy atom. The summed E-state index contributed by atoms with van der Waals surface area (Å²) >= 11 is 0. The van der Waals surface area contributed by atoms with Crippen molar-refractivity contribution in [3.05, 3.63) is 47.3 Å². The number of ether oxygens (including phenoxy) is 5. The van der Waals surface area contributed by atoms with Crippen molar-refractivity contribution in [2.45, 2.75) is 13.5 Å². The molecule has 30 heavy (non-hydrogen) atoms. The number of aromatic nitrogens is 2. The van der Waals surface area contributed by atoms with Gasteiger partial charge in [0.05, 0.1) is 34.0 Å². The van der Waals surface area contributed by atoms with Crippen LogP contribution in [-0.2, 0) is 11.3 Å². The third kappa shape index (κ3) is 4.29. The molecule has 9 heteroatoms. The molecule has 9 nitrogen and oxygen atoms in total. The molecule has 3 aromatic rings. The van der Waals surface area contributed by atoms with Crippen LogP contribution >= 0.6 is 0 Å². The maximum absolute atomic E-state index is 12.3. The highest BCUT2D eigenvalue weighted by Gasteiger charge is 2.18. The summed E-state index contributed by atoms with van der Waals surface area (Å²) in [5.41, 5.74) is 1.85. The molecular formula is C21H22N2O7. The molecule has 0 radical (unpaired) electrons. The summed E-state index contributed by atoms with van der Waals surface area (Å²) in [6.07, 6.45) is 0. The van der Waals surface area contributed by atoms with Crippen LogP contribution in [0.15, 0.2) is 34.7 Å². The number of rotatable bonds is 8. The molecule has 0 unspecified atom stereocenters. The molecule has 0 N–H and O–H groups in total. The van der Waals surface area contributed by atoms with Gasteiger partial charge in [-0.2, -0.15) is 0 Å². The Morgan fingerprint density at radius 2 is 1.57 bits per heavy atom. The van der Waals surface area contributed by atoms with E-state index in [4.69, 9.17) is 28.1 Å². The number of esters is 1. The quantitative estimate of drug-likeness (QED) is 0.513. The van der Waals surface area contributed by atoms with Crippen molar-refractivity contribution in [3.8, 4) is 34.5 Å². The Balaban J connectivity index is 1.75. The van der Waals surface area contributed by atoms with E-state index in [1.54, 1.807) is 37.4 Å². The maximum atomic E-state index is 12.3. The van der Waals surface area contributed by atoms with Crippen molar-refractivity contribution >= 4 is 5.97 Å². The number of methoxy groups -OCH3 is 4. The molecule has 1 heterocycles. The second-order valence-corrected chi connectivity index (χ2v) is 6.18. The Kier molecular flexibility index (Phi) is 6.41. The van der Waals surface area contributed by atoms with Gasteiger partial charge in [-0.1, -0.05) is 6.07 Å². The van der Waals surface area contributed by atoms with Crippen LogP contribution in [-0.4, -0.2) is 44.6 Å². The molecule has 0 bridgehead atoms. The van der Waals surface area contributed by atoms with Crippen LogP contribution in [0.25, 0.3) is 11.5 Å². The number of hydrogen-bond acceptors (Lipinski definition) is 9. The van der Waals surface area contributed by atoms with Crippen molar-refractivity contribution in [2.75, 3.05) is 28.4 Å².